The Labute approximate surface area is 75.9 Å². The molecule has 0 saturated carbocycles. The summed E-state index contributed by atoms with van der Waals surface area (Å²) >= 11 is 0. The highest BCUT2D eigenvalue weighted by Gasteiger charge is 1.98. The molecule has 1 atom stereocenters. The molecule has 0 aromatic carbocycles. The van der Waals surface area contributed by atoms with Crippen molar-refractivity contribution in [3.05, 3.63) is 0 Å². The molecule has 2 heteroatoms. The Morgan fingerprint density at radius 2 is 1.92 bits per heavy atom. The maximum absolute atomic E-state index is 9.23. The molecule has 74 valence electrons. The minimum Gasteiger partial charge on any atom is -0.393 e. The third kappa shape index (κ3) is 8.02. The number of hydrogen-bond acceptors (Lipinski definition) is 2. The third-order valence-corrected chi connectivity index (χ3v) is 2.00. The zero-order valence-electron chi connectivity index (χ0n) is 8.38. The summed E-state index contributed by atoms with van der Waals surface area (Å²) in [6.07, 6.45) is 5.18. The molecular formula is C10H22O2. The highest BCUT2D eigenvalue weighted by Crippen LogP contribution is 2.05. The van der Waals surface area contributed by atoms with Gasteiger partial charge in [0, 0.05) is 13.2 Å². The third-order valence-electron chi connectivity index (χ3n) is 2.00. The van der Waals surface area contributed by atoms with E-state index in [-0.39, 0.29) is 6.10 Å². The van der Waals surface area contributed by atoms with Gasteiger partial charge in [-0.3, -0.25) is 0 Å². The average Bonchev–Trinajstić information content (AvgIpc) is 2.10. The zero-order valence-corrected chi connectivity index (χ0v) is 8.38. The fourth-order valence-electron chi connectivity index (χ4n) is 1.11. The van der Waals surface area contributed by atoms with E-state index in [1.807, 2.05) is 13.8 Å². The van der Waals surface area contributed by atoms with E-state index < -0.39 is 0 Å². The Hall–Kier alpha value is -0.0800. The van der Waals surface area contributed by atoms with Crippen molar-refractivity contribution in [3.63, 3.8) is 0 Å². The van der Waals surface area contributed by atoms with Gasteiger partial charge in [-0.15, -0.1) is 0 Å². The van der Waals surface area contributed by atoms with E-state index in [2.05, 4.69) is 0 Å². The summed E-state index contributed by atoms with van der Waals surface area (Å²) in [6, 6.07) is 0. The molecule has 12 heavy (non-hydrogen) atoms. The first-order chi connectivity index (χ1) is 5.81. The minimum atomic E-state index is -0.0860. The van der Waals surface area contributed by atoms with Gasteiger partial charge in [0.2, 0.25) is 0 Å². The maximum Gasteiger partial charge on any atom is 0.0537 e. The summed E-state index contributed by atoms with van der Waals surface area (Å²) in [7, 11) is 0. The van der Waals surface area contributed by atoms with Gasteiger partial charge in [-0.1, -0.05) is 19.8 Å². The van der Waals surface area contributed by atoms with Gasteiger partial charge in [0.1, 0.15) is 0 Å². The van der Waals surface area contributed by atoms with Crippen LogP contribution in [0, 0.1) is 0 Å². The van der Waals surface area contributed by atoms with Crippen molar-refractivity contribution in [2.75, 3.05) is 13.2 Å². The Bertz CT molecular complexity index is 83.9. The van der Waals surface area contributed by atoms with E-state index in [9.17, 15) is 5.11 Å². The average molecular weight is 174 g/mol. The molecule has 0 heterocycles. The summed E-state index contributed by atoms with van der Waals surface area (Å²) in [5, 5.41) is 9.23. The smallest absolute Gasteiger partial charge is 0.0537 e. The number of aliphatic hydroxyl groups is 1. The van der Waals surface area contributed by atoms with Crippen molar-refractivity contribution >= 4 is 0 Å². The summed E-state index contributed by atoms with van der Waals surface area (Å²) < 4.78 is 5.20. The van der Waals surface area contributed by atoms with Crippen LogP contribution in [0.5, 0.6) is 0 Å². The number of ether oxygens (including phenoxy) is 1. The van der Waals surface area contributed by atoms with Crippen molar-refractivity contribution in [3.8, 4) is 0 Å². The second kappa shape index (κ2) is 9.01. The van der Waals surface area contributed by atoms with Crippen LogP contribution in [0.3, 0.4) is 0 Å². The largest absolute Gasteiger partial charge is 0.393 e. The van der Waals surface area contributed by atoms with E-state index in [0.717, 1.165) is 38.9 Å². The van der Waals surface area contributed by atoms with Crippen LogP contribution in [0.2, 0.25) is 0 Å². The molecule has 0 aliphatic rings. The van der Waals surface area contributed by atoms with E-state index >= 15 is 0 Å². The van der Waals surface area contributed by atoms with Crippen LogP contribution >= 0.6 is 0 Å². The van der Waals surface area contributed by atoms with Gasteiger partial charge >= 0.3 is 0 Å². The summed E-state index contributed by atoms with van der Waals surface area (Å²) in [6.45, 7) is 5.72. The topological polar surface area (TPSA) is 29.5 Å². The summed E-state index contributed by atoms with van der Waals surface area (Å²) in [5.74, 6) is 0. The highest BCUT2D eigenvalue weighted by atomic mass is 16.5. The minimum absolute atomic E-state index is 0.0860. The predicted octanol–water partition coefficient (Wildman–Crippen LogP) is 2.35. The molecule has 0 aliphatic heterocycles. The maximum atomic E-state index is 9.23. The summed E-state index contributed by atoms with van der Waals surface area (Å²) in [5.41, 5.74) is 0. The Morgan fingerprint density at radius 3 is 2.50 bits per heavy atom. The number of rotatable bonds is 8. The molecule has 0 fully saturated rings. The molecule has 0 radical (unpaired) electrons. The normalized spacial score (nSPS) is 13.2. The van der Waals surface area contributed by atoms with Gasteiger partial charge in [-0.05, 0) is 26.2 Å². The lowest BCUT2D eigenvalue weighted by molar-refractivity contribution is 0.136. The van der Waals surface area contributed by atoms with Crippen molar-refractivity contribution in [2.24, 2.45) is 0 Å². The van der Waals surface area contributed by atoms with Gasteiger partial charge in [0.05, 0.1) is 6.10 Å². The second-order valence-electron chi connectivity index (χ2n) is 3.11. The van der Waals surface area contributed by atoms with Gasteiger partial charge in [0.15, 0.2) is 0 Å². The van der Waals surface area contributed by atoms with E-state index in [0.29, 0.717) is 0 Å². The van der Waals surface area contributed by atoms with Crippen molar-refractivity contribution in [1.29, 1.82) is 0 Å². The van der Waals surface area contributed by atoms with E-state index in [1.165, 1.54) is 6.42 Å². The standard InChI is InChI=1S/C10H22O2/c1-3-10(11)8-6-5-7-9-12-4-2/h10-11H,3-9H2,1-2H3. The molecular weight excluding hydrogens is 152 g/mol. The lowest BCUT2D eigenvalue weighted by Gasteiger charge is -2.06. The van der Waals surface area contributed by atoms with Crippen LogP contribution in [0.15, 0.2) is 0 Å². The second-order valence-corrected chi connectivity index (χ2v) is 3.11. The van der Waals surface area contributed by atoms with Gasteiger partial charge < -0.3 is 9.84 Å². The molecule has 0 aromatic rings. The van der Waals surface area contributed by atoms with Crippen LogP contribution < -0.4 is 0 Å². The molecule has 1 unspecified atom stereocenters. The highest BCUT2D eigenvalue weighted by molar-refractivity contribution is 4.52. The molecule has 0 aromatic heterocycles. The monoisotopic (exact) mass is 174 g/mol. The first kappa shape index (κ1) is 11.9. The zero-order chi connectivity index (χ0) is 9.23. The first-order valence-electron chi connectivity index (χ1n) is 5.07. The molecule has 0 spiro atoms. The summed E-state index contributed by atoms with van der Waals surface area (Å²) in [4.78, 5) is 0. The fourth-order valence-corrected chi connectivity index (χ4v) is 1.11. The van der Waals surface area contributed by atoms with Gasteiger partial charge in [-0.25, -0.2) is 0 Å². The molecule has 1 N–H and O–H groups in total. The quantitative estimate of drug-likeness (QED) is 0.572. The van der Waals surface area contributed by atoms with Crippen LogP contribution in [0.1, 0.15) is 46.0 Å². The lowest BCUT2D eigenvalue weighted by Crippen LogP contribution is -2.03. The van der Waals surface area contributed by atoms with Crippen molar-refractivity contribution in [2.45, 2.75) is 52.1 Å². The van der Waals surface area contributed by atoms with E-state index in [4.69, 9.17) is 4.74 Å². The van der Waals surface area contributed by atoms with Crippen molar-refractivity contribution in [1.82, 2.24) is 0 Å². The lowest BCUT2D eigenvalue weighted by atomic mass is 10.1. The number of unbranched alkanes of at least 4 members (excludes halogenated alkanes) is 2. The Kier molecular flexibility index (Phi) is 8.95. The van der Waals surface area contributed by atoms with Crippen molar-refractivity contribution < 1.29 is 9.84 Å². The van der Waals surface area contributed by atoms with E-state index in [1.54, 1.807) is 0 Å². The van der Waals surface area contributed by atoms with Crippen LogP contribution in [-0.2, 0) is 4.74 Å². The molecule has 2 nitrogen and oxygen atoms in total. The van der Waals surface area contributed by atoms with Crippen LogP contribution in [-0.4, -0.2) is 24.4 Å². The molecule has 0 saturated heterocycles. The molecule has 0 rings (SSSR count). The molecule has 0 bridgehead atoms. The Balaban J connectivity index is 2.90. The van der Waals surface area contributed by atoms with Gasteiger partial charge in [-0.2, -0.15) is 0 Å². The van der Waals surface area contributed by atoms with Crippen LogP contribution in [0.4, 0.5) is 0 Å². The predicted molar refractivity (Wildman–Crippen MR) is 51.3 cm³/mol. The fraction of sp³-hybridized carbons (Fsp3) is 1.00. The molecule has 0 amide bonds. The Morgan fingerprint density at radius 1 is 1.17 bits per heavy atom. The van der Waals surface area contributed by atoms with Crippen LogP contribution in [0.25, 0.3) is 0 Å². The molecule has 0 aliphatic carbocycles. The number of hydrogen-bond donors (Lipinski definition) is 1. The van der Waals surface area contributed by atoms with Gasteiger partial charge in [0.25, 0.3) is 0 Å². The number of aliphatic hydroxyl groups excluding tert-OH is 1. The SMILES string of the molecule is CCOCCCCCC(O)CC. The first-order valence-corrected chi connectivity index (χ1v) is 5.07.